The highest BCUT2D eigenvalue weighted by molar-refractivity contribution is 7.87. The van der Waals surface area contributed by atoms with Crippen molar-refractivity contribution in [3.63, 3.8) is 0 Å². The van der Waals surface area contributed by atoms with Crippen LogP contribution in [-0.4, -0.2) is 106 Å². The average molecular weight is 977 g/mol. The van der Waals surface area contributed by atoms with Gasteiger partial charge in [-0.25, -0.2) is 4.98 Å². The molecule has 5 rings (SSSR count). The van der Waals surface area contributed by atoms with Gasteiger partial charge in [-0.1, -0.05) is 30.3 Å². The smallest absolute Gasteiger partial charge is 0.296 e. The van der Waals surface area contributed by atoms with Gasteiger partial charge in [-0.2, -0.15) is 64.1 Å². The molecule has 65 heavy (non-hydrogen) atoms. The number of hydrogen-bond acceptors (Lipinski definition) is 21. The van der Waals surface area contributed by atoms with Gasteiger partial charge in [-0.3, -0.25) is 17.1 Å². The monoisotopic (exact) mass is 976 g/mol. The number of azo groups is 2. The van der Waals surface area contributed by atoms with E-state index in [9.17, 15) is 38.2 Å². The molecule has 0 saturated carbocycles. The summed E-state index contributed by atoms with van der Waals surface area (Å²) < 4.78 is 130. The van der Waals surface area contributed by atoms with Crippen LogP contribution in [0.2, 0.25) is 0 Å². The molecule has 0 aliphatic rings. The third-order valence-electron chi connectivity index (χ3n) is 8.83. The Bertz CT molecular complexity index is 2990. The molecular weight excluding hydrogens is 933 g/mol. The van der Waals surface area contributed by atoms with E-state index >= 15 is 0 Å². The topological polar surface area (TPSA) is 303 Å². The standard InChI is InChI=1S/C39H44N8O14S4/c1-57-35-24-32(46-45-31-10-6-11-34(23-31)65(55,56)60-4)14-12-28(35)21-37-41-38(43-39(42-37)40-16-19-64(53,54)59-3)22-29-13-15-33(25-36(29)61-17-7-18-63(51,52)58-2)47-44-30-9-5-8-27(20-30)26-62(48,49)50/h5-6,8-15,20,23-25H,7,16-19,21-22,26H2,1-4H3,(H,48,49,50)(H,40,41,42,43). The maximum Gasteiger partial charge on any atom is 0.296 e. The Morgan fingerprint density at radius 2 is 1.14 bits per heavy atom. The van der Waals surface area contributed by atoms with E-state index in [4.69, 9.17) is 14.5 Å². The Morgan fingerprint density at radius 1 is 0.600 bits per heavy atom. The summed E-state index contributed by atoms with van der Waals surface area (Å²) >= 11 is 0. The molecule has 348 valence electrons. The molecule has 0 fully saturated rings. The molecule has 4 aromatic carbocycles. The number of rotatable bonds is 24. The van der Waals surface area contributed by atoms with E-state index in [0.29, 0.717) is 39.5 Å². The molecule has 0 radical (unpaired) electrons. The van der Waals surface area contributed by atoms with Crippen LogP contribution in [0.4, 0.5) is 28.7 Å². The third-order valence-corrected chi connectivity index (χ3v) is 13.3. The molecule has 0 amide bonds. The minimum Gasteiger partial charge on any atom is -0.496 e. The van der Waals surface area contributed by atoms with Crippen LogP contribution in [0, 0.1) is 0 Å². The zero-order chi connectivity index (χ0) is 47.3. The van der Waals surface area contributed by atoms with Crippen LogP contribution in [-0.2, 0) is 71.6 Å². The van der Waals surface area contributed by atoms with Gasteiger partial charge < -0.3 is 14.8 Å². The van der Waals surface area contributed by atoms with Gasteiger partial charge in [0.25, 0.3) is 40.5 Å². The van der Waals surface area contributed by atoms with Crippen molar-refractivity contribution in [3.8, 4) is 11.5 Å². The van der Waals surface area contributed by atoms with E-state index in [0.717, 1.165) is 21.3 Å². The molecule has 0 aliphatic heterocycles. The second-order valence-electron chi connectivity index (χ2n) is 13.5. The van der Waals surface area contributed by atoms with Crippen LogP contribution in [0.5, 0.6) is 11.5 Å². The number of nitrogens with zero attached hydrogens (tertiary/aromatic N) is 7. The normalized spacial score (nSPS) is 12.5. The van der Waals surface area contributed by atoms with Crippen LogP contribution in [0.3, 0.4) is 0 Å². The van der Waals surface area contributed by atoms with E-state index in [1.165, 1.54) is 37.4 Å². The lowest BCUT2D eigenvalue weighted by Crippen LogP contribution is -2.19. The predicted octanol–water partition coefficient (Wildman–Crippen LogP) is 5.75. The first-order valence-electron chi connectivity index (χ1n) is 19.0. The molecule has 1 aromatic heterocycles. The number of anilines is 1. The summed E-state index contributed by atoms with van der Waals surface area (Å²) in [6.45, 7) is -0.159. The summed E-state index contributed by atoms with van der Waals surface area (Å²) in [4.78, 5) is 13.7. The number of methoxy groups -OCH3 is 1. The zero-order valence-corrected chi connectivity index (χ0v) is 38.5. The van der Waals surface area contributed by atoms with Crippen molar-refractivity contribution in [2.45, 2.75) is 29.9 Å². The molecule has 0 aliphatic carbocycles. The molecule has 0 unspecified atom stereocenters. The van der Waals surface area contributed by atoms with E-state index in [1.807, 2.05) is 0 Å². The van der Waals surface area contributed by atoms with Gasteiger partial charge in [0, 0.05) is 42.6 Å². The molecular formula is C39H44N8O14S4. The summed E-state index contributed by atoms with van der Waals surface area (Å²) in [6.07, 6.45) is 0.203. The van der Waals surface area contributed by atoms with E-state index < -0.39 is 52.0 Å². The highest BCUT2D eigenvalue weighted by Crippen LogP contribution is 2.31. The average Bonchev–Trinajstić information content (AvgIpc) is 3.27. The fraction of sp³-hybridized carbons (Fsp3) is 0.308. The molecule has 0 spiro atoms. The van der Waals surface area contributed by atoms with Gasteiger partial charge in [0.1, 0.15) is 28.9 Å². The van der Waals surface area contributed by atoms with E-state index in [2.05, 4.69) is 48.3 Å². The van der Waals surface area contributed by atoms with Crippen molar-refractivity contribution in [2.75, 3.05) is 58.4 Å². The van der Waals surface area contributed by atoms with Crippen LogP contribution in [0.25, 0.3) is 0 Å². The molecule has 1 heterocycles. The number of aromatic nitrogens is 3. The van der Waals surface area contributed by atoms with Gasteiger partial charge in [-0.15, -0.1) is 0 Å². The first-order valence-corrected chi connectivity index (χ1v) is 25.2. The molecule has 0 saturated heterocycles. The second-order valence-corrected chi connectivity index (χ2v) is 20.4. The first-order chi connectivity index (χ1) is 30.8. The van der Waals surface area contributed by atoms with Crippen LogP contribution in [0.1, 0.15) is 34.8 Å². The highest BCUT2D eigenvalue weighted by Gasteiger charge is 2.17. The Kier molecular flexibility index (Phi) is 17.2. The Balaban J connectivity index is 1.45. The van der Waals surface area contributed by atoms with Gasteiger partial charge in [0.05, 0.1) is 74.2 Å². The first kappa shape index (κ1) is 50.1. The van der Waals surface area contributed by atoms with Crippen molar-refractivity contribution in [1.29, 1.82) is 0 Å². The maximum absolute atomic E-state index is 12.1. The molecule has 0 bridgehead atoms. The molecule has 26 heteroatoms. The fourth-order valence-corrected chi connectivity index (χ4v) is 8.15. The largest absolute Gasteiger partial charge is 0.496 e. The molecule has 0 atom stereocenters. The zero-order valence-electron chi connectivity index (χ0n) is 35.3. The number of benzene rings is 4. The van der Waals surface area contributed by atoms with Crippen LogP contribution < -0.4 is 14.8 Å². The lowest BCUT2D eigenvalue weighted by molar-refractivity contribution is 0.311. The quantitative estimate of drug-likeness (QED) is 0.0322. The van der Waals surface area contributed by atoms with Gasteiger partial charge >= 0.3 is 0 Å². The van der Waals surface area contributed by atoms with Crippen LogP contribution in [0.15, 0.2) is 110 Å². The summed E-state index contributed by atoms with van der Waals surface area (Å²) in [6, 6.07) is 21.7. The van der Waals surface area contributed by atoms with E-state index in [-0.39, 0.29) is 72.1 Å². The van der Waals surface area contributed by atoms with Crippen molar-refractivity contribution >= 4 is 69.2 Å². The molecule has 22 nitrogen and oxygen atoms in total. The predicted molar refractivity (Wildman–Crippen MR) is 236 cm³/mol. The summed E-state index contributed by atoms with van der Waals surface area (Å²) in [5.41, 5.74) is 2.71. The van der Waals surface area contributed by atoms with Crippen molar-refractivity contribution in [2.24, 2.45) is 20.5 Å². The molecule has 5 aromatic rings. The number of nitrogens with one attached hydrogen (secondary N) is 1. The minimum atomic E-state index is -4.28. The van der Waals surface area contributed by atoms with Crippen molar-refractivity contribution in [3.05, 3.63) is 113 Å². The minimum absolute atomic E-state index is 0.0325. The number of hydrogen-bond donors (Lipinski definition) is 2. The SMILES string of the molecule is COc1cc(N=Nc2cccc(S(=O)(=O)OC)c2)ccc1Cc1nc(Cc2ccc(N=Nc3cccc(CS(=O)(=O)O)c3)cc2OCCCS(=O)(=O)OC)nc(NCCS(=O)(=O)OC)n1. The fourth-order valence-electron chi connectivity index (χ4n) is 5.69. The van der Waals surface area contributed by atoms with Crippen molar-refractivity contribution < 1.29 is 60.2 Å². The highest BCUT2D eigenvalue weighted by atomic mass is 32.2. The maximum atomic E-state index is 12.1. The summed E-state index contributed by atoms with van der Waals surface area (Å²) in [5.74, 6) is -0.123. The number of ether oxygens (including phenoxy) is 2. The van der Waals surface area contributed by atoms with Crippen LogP contribution >= 0.6 is 0 Å². The lowest BCUT2D eigenvalue weighted by Gasteiger charge is -2.14. The van der Waals surface area contributed by atoms with Crippen molar-refractivity contribution in [1.82, 2.24) is 15.0 Å². The third kappa shape index (κ3) is 16.0. The van der Waals surface area contributed by atoms with Gasteiger partial charge in [-0.05, 0) is 54.4 Å². The van der Waals surface area contributed by atoms with Gasteiger partial charge in [0.15, 0.2) is 0 Å². The Morgan fingerprint density at radius 3 is 1.71 bits per heavy atom. The second kappa shape index (κ2) is 22.4. The Hall–Kier alpha value is -5.87. The summed E-state index contributed by atoms with van der Waals surface area (Å²) in [5, 5.41) is 19.7. The van der Waals surface area contributed by atoms with Gasteiger partial charge in [0.2, 0.25) is 5.95 Å². The molecule has 2 N–H and O–H groups in total. The van der Waals surface area contributed by atoms with E-state index in [1.54, 1.807) is 54.6 Å². The summed E-state index contributed by atoms with van der Waals surface area (Å²) in [7, 11) is -11.2. The Labute approximate surface area is 376 Å². The lowest BCUT2D eigenvalue weighted by atomic mass is 10.1.